The zero-order valence-corrected chi connectivity index (χ0v) is 13.3. The lowest BCUT2D eigenvalue weighted by Gasteiger charge is -2.22. The molecule has 0 saturated heterocycles. The zero-order chi connectivity index (χ0) is 15.1. The molecular formula is C15H25N5. The number of hydrogen-bond acceptors (Lipinski definition) is 3. The smallest absolute Gasteiger partial charge is 0.133 e. The lowest BCUT2D eigenvalue weighted by Crippen LogP contribution is -2.21. The molecule has 2 rings (SSSR count). The Kier molecular flexibility index (Phi) is 3.63. The largest absolute Gasteiger partial charge is 0.383 e. The Hall–Kier alpha value is -1.78. The van der Waals surface area contributed by atoms with Crippen LogP contribution >= 0.6 is 0 Å². The molecule has 0 saturated carbocycles. The fourth-order valence-corrected chi connectivity index (χ4v) is 2.46. The fraction of sp³-hybridized carbons (Fsp3) is 0.600. The molecule has 0 bridgehead atoms. The Morgan fingerprint density at radius 1 is 1.30 bits per heavy atom. The van der Waals surface area contributed by atoms with Gasteiger partial charge in [-0.3, -0.25) is 0 Å². The maximum atomic E-state index is 6.38. The Morgan fingerprint density at radius 3 is 2.40 bits per heavy atom. The number of nitrogen functional groups attached to an aromatic ring is 1. The molecule has 2 aromatic rings. The first-order valence-corrected chi connectivity index (χ1v) is 7.16. The van der Waals surface area contributed by atoms with Gasteiger partial charge in [-0.25, -0.2) is 9.97 Å². The number of rotatable bonds is 3. The standard InChI is InChI=1S/C15H25N5/c1-7-19-9-17-8-11(19)12-13(16)20(10(2)3)14(18-12)15(4,5)6/h8-10H,7,16H2,1-6H3. The molecule has 2 aromatic heterocycles. The fourth-order valence-electron chi connectivity index (χ4n) is 2.46. The van der Waals surface area contributed by atoms with Gasteiger partial charge in [-0.1, -0.05) is 20.8 Å². The minimum Gasteiger partial charge on any atom is -0.383 e. The predicted octanol–water partition coefficient (Wildman–Crippen LogP) is 3.23. The minimum absolute atomic E-state index is 0.0479. The quantitative estimate of drug-likeness (QED) is 0.935. The summed E-state index contributed by atoms with van der Waals surface area (Å²) in [6.07, 6.45) is 3.65. The molecule has 5 nitrogen and oxygen atoms in total. The number of anilines is 1. The van der Waals surface area contributed by atoms with Gasteiger partial charge in [0.15, 0.2) is 0 Å². The van der Waals surface area contributed by atoms with Gasteiger partial charge in [-0.05, 0) is 20.8 Å². The van der Waals surface area contributed by atoms with Crippen LogP contribution in [0.4, 0.5) is 5.82 Å². The van der Waals surface area contributed by atoms with E-state index in [0.29, 0.717) is 0 Å². The summed E-state index contributed by atoms with van der Waals surface area (Å²) in [7, 11) is 0. The van der Waals surface area contributed by atoms with E-state index in [2.05, 4.69) is 55.7 Å². The topological polar surface area (TPSA) is 61.7 Å². The SMILES string of the molecule is CCn1cncc1-c1nc(C(C)(C)C)n(C(C)C)c1N. The van der Waals surface area contributed by atoms with Gasteiger partial charge < -0.3 is 14.9 Å². The molecule has 0 aliphatic carbocycles. The van der Waals surface area contributed by atoms with Crippen LogP contribution in [-0.4, -0.2) is 19.1 Å². The van der Waals surface area contributed by atoms with Gasteiger partial charge in [0.2, 0.25) is 0 Å². The highest BCUT2D eigenvalue weighted by molar-refractivity contribution is 5.68. The number of aromatic nitrogens is 4. The minimum atomic E-state index is -0.0479. The average molecular weight is 275 g/mol. The number of nitrogens with zero attached hydrogens (tertiary/aromatic N) is 4. The number of hydrogen-bond donors (Lipinski definition) is 1. The molecule has 0 radical (unpaired) electrons. The van der Waals surface area contributed by atoms with E-state index in [1.165, 1.54) is 0 Å². The van der Waals surface area contributed by atoms with Crippen LogP contribution in [0, 0.1) is 0 Å². The van der Waals surface area contributed by atoms with E-state index in [4.69, 9.17) is 10.7 Å². The van der Waals surface area contributed by atoms with Gasteiger partial charge in [0.1, 0.15) is 17.3 Å². The lowest BCUT2D eigenvalue weighted by molar-refractivity contribution is 0.473. The van der Waals surface area contributed by atoms with Gasteiger partial charge in [0, 0.05) is 18.0 Å². The molecular weight excluding hydrogens is 250 g/mol. The van der Waals surface area contributed by atoms with Gasteiger partial charge >= 0.3 is 0 Å². The highest BCUT2D eigenvalue weighted by Crippen LogP contribution is 2.34. The van der Waals surface area contributed by atoms with Crippen molar-refractivity contribution >= 4 is 5.82 Å². The summed E-state index contributed by atoms with van der Waals surface area (Å²) in [6, 6.07) is 0.281. The van der Waals surface area contributed by atoms with E-state index >= 15 is 0 Å². The van der Waals surface area contributed by atoms with Crippen molar-refractivity contribution in [1.82, 2.24) is 19.1 Å². The summed E-state index contributed by atoms with van der Waals surface area (Å²) in [5.41, 5.74) is 8.15. The third-order valence-electron chi connectivity index (χ3n) is 3.43. The molecule has 0 aliphatic rings. The van der Waals surface area contributed by atoms with E-state index in [-0.39, 0.29) is 11.5 Å². The highest BCUT2D eigenvalue weighted by Gasteiger charge is 2.27. The van der Waals surface area contributed by atoms with Crippen LogP contribution in [0.1, 0.15) is 53.4 Å². The van der Waals surface area contributed by atoms with Crippen molar-refractivity contribution in [3.63, 3.8) is 0 Å². The van der Waals surface area contributed by atoms with Crippen molar-refractivity contribution < 1.29 is 0 Å². The summed E-state index contributed by atoms with van der Waals surface area (Å²) >= 11 is 0. The Balaban J connectivity index is 2.68. The second kappa shape index (κ2) is 4.96. The van der Waals surface area contributed by atoms with E-state index in [1.54, 1.807) is 0 Å². The van der Waals surface area contributed by atoms with Crippen LogP contribution in [0.5, 0.6) is 0 Å². The second-order valence-electron chi connectivity index (χ2n) is 6.45. The van der Waals surface area contributed by atoms with E-state index in [9.17, 15) is 0 Å². The maximum absolute atomic E-state index is 6.38. The van der Waals surface area contributed by atoms with Gasteiger partial charge in [-0.2, -0.15) is 0 Å². The van der Waals surface area contributed by atoms with Crippen molar-refractivity contribution in [1.29, 1.82) is 0 Å². The summed E-state index contributed by atoms with van der Waals surface area (Å²) in [4.78, 5) is 9.05. The van der Waals surface area contributed by atoms with Crippen LogP contribution in [0.15, 0.2) is 12.5 Å². The van der Waals surface area contributed by atoms with Gasteiger partial charge in [0.25, 0.3) is 0 Å². The molecule has 0 amide bonds. The predicted molar refractivity (Wildman–Crippen MR) is 82.6 cm³/mol. The molecule has 20 heavy (non-hydrogen) atoms. The third-order valence-corrected chi connectivity index (χ3v) is 3.43. The summed E-state index contributed by atoms with van der Waals surface area (Å²) < 4.78 is 4.19. The van der Waals surface area contributed by atoms with Gasteiger partial charge in [-0.15, -0.1) is 0 Å². The number of imidazole rings is 2. The molecule has 110 valence electrons. The summed E-state index contributed by atoms with van der Waals surface area (Å²) in [5, 5.41) is 0. The van der Waals surface area contributed by atoms with E-state index < -0.39 is 0 Å². The number of aryl methyl sites for hydroxylation is 1. The van der Waals surface area contributed by atoms with Gasteiger partial charge in [0.05, 0.1) is 18.2 Å². The van der Waals surface area contributed by atoms with Crippen molar-refractivity contribution in [3.05, 3.63) is 18.3 Å². The molecule has 2 N–H and O–H groups in total. The monoisotopic (exact) mass is 275 g/mol. The van der Waals surface area contributed by atoms with Crippen LogP contribution in [0.2, 0.25) is 0 Å². The van der Waals surface area contributed by atoms with Crippen molar-refractivity contribution in [2.24, 2.45) is 0 Å². The number of nitrogens with two attached hydrogens (primary N) is 1. The summed E-state index contributed by atoms with van der Waals surface area (Å²) in [5.74, 6) is 1.74. The molecule has 0 fully saturated rings. The van der Waals surface area contributed by atoms with E-state index in [0.717, 1.165) is 29.6 Å². The van der Waals surface area contributed by atoms with E-state index in [1.807, 2.05) is 12.5 Å². The van der Waals surface area contributed by atoms with Crippen molar-refractivity contribution in [3.8, 4) is 11.4 Å². The molecule has 5 heteroatoms. The van der Waals surface area contributed by atoms with Crippen LogP contribution in [0.25, 0.3) is 11.4 Å². The lowest BCUT2D eigenvalue weighted by atomic mass is 9.95. The first-order chi connectivity index (χ1) is 9.27. The third kappa shape index (κ3) is 2.32. The Labute approximate surface area is 120 Å². The first-order valence-electron chi connectivity index (χ1n) is 7.16. The molecule has 0 unspecified atom stereocenters. The maximum Gasteiger partial charge on any atom is 0.133 e. The Morgan fingerprint density at radius 2 is 1.95 bits per heavy atom. The van der Waals surface area contributed by atoms with Crippen molar-refractivity contribution in [2.45, 2.75) is 59.5 Å². The Bertz CT molecular complexity index is 598. The molecule has 0 aliphatic heterocycles. The zero-order valence-electron chi connectivity index (χ0n) is 13.3. The van der Waals surface area contributed by atoms with Crippen LogP contribution in [-0.2, 0) is 12.0 Å². The molecule has 0 aromatic carbocycles. The molecule has 0 atom stereocenters. The van der Waals surface area contributed by atoms with Crippen molar-refractivity contribution in [2.75, 3.05) is 5.73 Å². The first kappa shape index (κ1) is 14.6. The average Bonchev–Trinajstić information content (AvgIpc) is 2.90. The molecule has 2 heterocycles. The summed E-state index contributed by atoms with van der Waals surface area (Å²) in [6.45, 7) is 13.7. The molecule has 0 spiro atoms. The van der Waals surface area contributed by atoms with Crippen LogP contribution in [0.3, 0.4) is 0 Å². The highest BCUT2D eigenvalue weighted by atomic mass is 15.2. The normalized spacial score (nSPS) is 12.3. The second-order valence-corrected chi connectivity index (χ2v) is 6.45. The van der Waals surface area contributed by atoms with Crippen LogP contribution < -0.4 is 5.73 Å².